The number of urea groups is 1. The maximum absolute atomic E-state index is 13.3. The van der Waals surface area contributed by atoms with Gasteiger partial charge in [-0.1, -0.05) is 0 Å². The number of cyclic esters (lactones) is 1. The zero-order chi connectivity index (χ0) is 17.2. The topological polar surface area (TPSA) is 74.8 Å². The Morgan fingerprint density at radius 2 is 2.00 bits per heavy atom. The van der Waals surface area contributed by atoms with Crippen molar-refractivity contribution >= 4 is 12.1 Å². The highest BCUT2D eigenvalue weighted by Gasteiger charge is 2.57. The highest BCUT2D eigenvalue weighted by Crippen LogP contribution is 2.56. The third kappa shape index (κ3) is 2.26. The first-order valence-electron chi connectivity index (χ1n) is 8.55. The van der Waals surface area contributed by atoms with Gasteiger partial charge in [-0.15, -0.1) is 0 Å². The molecule has 4 fully saturated rings. The van der Waals surface area contributed by atoms with Gasteiger partial charge in [0.2, 0.25) is 0 Å². The smallest absolute Gasteiger partial charge is 0.407 e. The van der Waals surface area contributed by atoms with E-state index in [4.69, 9.17) is 4.74 Å². The van der Waals surface area contributed by atoms with E-state index < -0.39 is 6.09 Å². The Balaban J connectivity index is 0.00000168. The number of amides is 3. The van der Waals surface area contributed by atoms with Gasteiger partial charge in [0.25, 0.3) is 0 Å². The van der Waals surface area contributed by atoms with Crippen LogP contribution < -0.4 is 5.32 Å². The Morgan fingerprint density at radius 3 is 2.64 bits per heavy atom. The summed E-state index contributed by atoms with van der Waals surface area (Å²) in [6.07, 6.45) is 4.52. The lowest BCUT2D eigenvalue weighted by Gasteiger charge is -2.60. The van der Waals surface area contributed by atoms with Gasteiger partial charge in [-0.2, -0.15) is 0 Å². The van der Waals surface area contributed by atoms with Crippen molar-refractivity contribution in [3.05, 3.63) is 29.8 Å². The van der Waals surface area contributed by atoms with E-state index in [1.165, 1.54) is 6.20 Å². The molecule has 25 heavy (non-hydrogen) atoms. The van der Waals surface area contributed by atoms with Crippen molar-refractivity contribution in [3.8, 4) is 0 Å². The minimum Gasteiger partial charge on any atom is -0.447 e. The molecular weight excluding hydrogens is 327 g/mol. The van der Waals surface area contributed by atoms with E-state index in [0.717, 1.165) is 31.5 Å². The fourth-order valence-corrected chi connectivity index (χ4v) is 4.71. The van der Waals surface area contributed by atoms with Gasteiger partial charge >= 0.3 is 12.1 Å². The maximum atomic E-state index is 13.3. The molecule has 0 atom stereocenters. The average Bonchev–Trinajstić information content (AvgIpc) is 2.85. The van der Waals surface area contributed by atoms with Crippen LogP contribution in [0.15, 0.2) is 18.5 Å². The summed E-state index contributed by atoms with van der Waals surface area (Å²) >= 11 is 0. The lowest BCUT2D eigenvalue weighted by atomic mass is 9.56. The minimum absolute atomic E-state index is 0. The second-order valence-electron chi connectivity index (χ2n) is 8.02. The van der Waals surface area contributed by atoms with Crippen LogP contribution in [-0.2, 0) is 4.74 Å². The zero-order valence-corrected chi connectivity index (χ0v) is 13.7. The van der Waals surface area contributed by atoms with Crippen LogP contribution >= 0.6 is 0 Å². The molecule has 3 saturated heterocycles. The zero-order valence-electron chi connectivity index (χ0n) is 13.7. The van der Waals surface area contributed by atoms with Gasteiger partial charge in [0.15, 0.2) is 0 Å². The molecule has 1 saturated carbocycles. The van der Waals surface area contributed by atoms with Crippen LogP contribution in [0, 0.1) is 11.2 Å². The molecule has 1 N–H and O–H groups in total. The number of halogens is 1. The quantitative estimate of drug-likeness (QED) is 0.836. The van der Waals surface area contributed by atoms with Crippen LogP contribution in [0.1, 0.15) is 25.7 Å². The number of ether oxygens (including phenoxy) is 1. The molecule has 7 nitrogen and oxygen atoms in total. The fraction of sp³-hybridized carbons (Fsp3) is 0.588. The Morgan fingerprint density at radius 1 is 1.28 bits per heavy atom. The molecule has 1 aromatic rings. The molecule has 0 unspecified atom stereocenters. The van der Waals surface area contributed by atoms with Crippen LogP contribution in [0.4, 0.5) is 14.0 Å². The number of alkyl carbamates (subject to hydrolysis) is 1. The van der Waals surface area contributed by atoms with Crippen molar-refractivity contribution in [2.45, 2.75) is 24.3 Å². The Kier molecular flexibility index (Phi) is 2.88. The minimum atomic E-state index is -0.401. The summed E-state index contributed by atoms with van der Waals surface area (Å²) in [4.78, 5) is 31.2. The number of carbonyl (C=O) groups excluding carboxylic acids is 2. The van der Waals surface area contributed by atoms with Crippen molar-refractivity contribution < 1.29 is 20.1 Å². The Hall–Kier alpha value is -2.38. The molecule has 4 heterocycles. The van der Waals surface area contributed by atoms with Crippen molar-refractivity contribution in [3.63, 3.8) is 0 Å². The normalized spacial score (nSPS) is 25.9. The summed E-state index contributed by atoms with van der Waals surface area (Å²) in [5.41, 5.74) is 0.776. The summed E-state index contributed by atoms with van der Waals surface area (Å²) in [5.74, 6) is 0.0529. The molecule has 0 radical (unpaired) electrons. The number of hydrogen-bond acceptors (Lipinski definition) is 4. The van der Waals surface area contributed by atoms with Crippen LogP contribution in [0.25, 0.3) is 0 Å². The summed E-state index contributed by atoms with van der Waals surface area (Å²) in [6, 6.07) is 1.59. The molecule has 8 heteroatoms. The number of rotatable bonds is 1. The molecule has 0 bridgehead atoms. The molecular formula is C17H21FN4O3. The number of pyridine rings is 1. The van der Waals surface area contributed by atoms with Crippen LogP contribution in [0.2, 0.25) is 0 Å². The van der Waals surface area contributed by atoms with Gasteiger partial charge in [0.1, 0.15) is 18.0 Å². The molecule has 1 aliphatic carbocycles. The standard InChI is InChI=1S/C17H19FN4O3.H2/c18-13-1-11(4-19-5-13)12-2-16(3-12)6-21(7-16)15(24)22-8-17(9-22)10-25-14(23)20-17;/h1,4-5,12H,2-3,6-10H2,(H,20,23);1H. The monoisotopic (exact) mass is 348 g/mol. The summed E-state index contributed by atoms with van der Waals surface area (Å²) in [7, 11) is 0. The van der Waals surface area contributed by atoms with Crippen LogP contribution in [-0.4, -0.2) is 65.2 Å². The van der Waals surface area contributed by atoms with Crippen LogP contribution in [0.3, 0.4) is 0 Å². The Bertz CT molecular complexity index is 756. The number of carbonyl (C=O) groups is 2. The predicted molar refractivity (Wildman–Crippen MR) is 86.5 cm³/mol. The molecule has 2 spiro atoms. The van der Waals surface area contributed by atoms with E-state index in [2.05, 4.69) is 10.3 Å². The van der Waals surface area contributed by atoms with Crippen molar-refractivity contribution in [1.29, 1.82) is 0 Å². The van der Waals surface area contributed by atoms with Gasteiger partial charge in [-0.05, 0) is 30.4 Å². The number of likely N-dealkylation sites (tertiary alicyclic amines) is 2. The first-order chi connectivity index (χ1) is 12.0. The predicted octanol–water partition coefficient (Wildman–Crippen LogP) is 1.56. The number of aromatic nitrogens is 1. The molecule has 3 aliphatic heterocycles. The second-order valence-corrected chi connectivity index (χ2v) is 8.02. The van der Waals surface area contributed by atoms with Crippen molar-refractivity contribution in [1.82, 2.24) is 20.1 Å². The molecule has 0 aromatic carbocycles. The molecule has 1 aromatic heterocycles. The van der Waals surface area contributed by atoms with Crippen molar-refractivity contribution in [2.24, 2.45) is 5.41 Å². The average molecular weight is 348 g/mol. The fourth-order valence-electron chi connectivity index (χ4n) is 4.71. The third-order valence-electron chi connectivity index (χ3n) is 5.98. The SMILES string of the molecule is O=C1NC2(CO1)CN(C(=O)N1CC3(CC(c4cncc(F)c4)C3)C1)C2.[HH]. The first-order valence-corrected chi connectivity index (χ1v) is 8.55. The number of nitrogens with one attached hydrogen (secondary N) is 1. The highest BCUT2D eigenvalue weighted by molar-refractivity contribution is 5.79. The van der Waals surface area contributed by atoms with E-state index in [0.29, 0.717) is 25.6 Å². The van der Waals surface area contributed by atoms with E-state index >= 15 is 0 Å². The van der Waals surface area contributed by atoms with Gasteiger partial charge in [-0.3, -0.25) is 4.98 Å². The second kappa shape index (κ2) is 4.83. The molecule has 4 aliphatic rings. The molecule has 5 rings (SSSR count). The van der Waals surface area contributed by atoms with E-state index in [-0.39, 0.29) is 24.2 Å². The van der Waals surface area contributed by atoms with Crippen molar-refractivity contribution in [2.75, 3.05) is 32.8 Å². The lowest BCUT2D eigenvalue weighted by molar-refractivity contribution is -0.0637. The van der Waals surface area contributed by atoms with Gasteiger partial charge in [0, 0.05) is 26.1 Å². The van der Waals surface area contributed by atoms with Crippen LogP contribution in [0.5, 0.6) is 0 Å². The van der Waals surface area contributed by atoms with Gasteiger partial charge in [-0.25, -0.2) is 14.0 Å². The lowest BCUT2D eigenvalue weighted by Crippen LogP contribution is -2.74. The van der Waals surface area contributed by atoms with Gasteiger partial charge < -0.3 is 19.9 Å². The summed E-state index contributed by atoms with van der Waals surface area (Å²) in [6.45, 7) is 2.88. The van der Waals surface area contributed by atoms with E-state index in [1.807, 2.05) is 4.90 Å². The first kappa shape index (κ1) is 14.9. The molecule has 3 amide bonds. The summed E-state index contributed by atoms with van der Waals surface area (Å²) in [5, 5.41) is 2.78. The highest BCUT2D eigenvalue weighted by atomic mass is 19.1. The third-order valence-corrected chi connectivity index (χ3v) is 5.98. The number of hydrogen-bond donors (Lipinski definition) is 1. The Labute approximate surface area is 145 Å². The largest absolute Gasteiger partial charge is 0.447 e. The summed E-state index contributed by atoms with van der Waals surface area (Å²) < 4.78 is 18.2. The number of nitrogens with zero attached hydrogens (tertiary/aromatic N) is 3. The van der Waals surface area contributed by atoms with Gasteiger partial charge in [0.05, 0.1) is 19.3 Å². The van der Waals surface area contributed by atoms with E-state index in [9.17, 15) is 14.0 Å². The molecule has 134 valence electrons. The van der Waals surface area contributed by atoms with E-state index in [1.54, 1.807) is 17.2 Å². The maximum Gasteiger partial charge on any atom is 0.407 e.